The molecule has 0 N–H and O–H groups in total. The van der Waals surface area contributed by atoms with Crippen LogP contribution < -0.4 is 0 Å². The molecular weight excluding hydrogens is 356 g/mol. The molecule has 1 atom stereocenters. The summed E-state index contributed by atoms with van der Waals surface area (Å²) in [6.45, 7) is 13.8. The van der Waals surface area contributed by atoms with Gasteiger partial charge in [0.25, 0.3) is 0 Å². The largest absolute Gasteiger partial charge is 0.0843 e. The van der Waals surface area contributed by atoms with Crippen LogP contribution in [0, 0.1) is 10.8 Å². The summed E-state index contributed by atoms with van der Waals surface area (Å²) in [4.78, 5) is 0. The van der Waals surface area contributed by atoms with Gasteiger partial charge >= 0.3 is 0 Å². The van der Waals surface area contributed by atoms with Crippen molar-refractivity contribution in [3.05, 3.63) is 56.6 Å². The van der Waals surface area contributed by atoms with E-state index < -0.39 is 0 Å². The third kappa shape index (κ3) is 4.06. The van der Waals surface area contributed by atoms with Gasteiger partial charge in [-0.2, -0.15) is 0 Å². The van der Waals surface area contributed by atoms with Crippen LogP contribution in [0.2, 0.25) is 5.02 Å². The number of hydrogen-bond acceptors (Lipinski definition) is 0. The molecule has 0 spiro atoms. The lowest BCUT2D eigenvalue weighted by Crippen LogP contribution is -2.20. The van der Waals surface area contributed by atoms with Crippen molar-refractivity contribution in [2.75, 3.05) is 0 Å². The summed E-state index contributed by atoms with van der Waals surface area (Å²) in [6.07, 6.45) is 5.92. The van der Waals surface area contributed by atoms with Crippen LogP contribution in [0.5, 0.6) is 0 Å². The van der Waals surface area contributed by atoms with Crippen LogP contribution in [0.25, 0.3) is 0 Å². The fourth-order valence-electron chi connectivity index (χ4n) is 2.80. The van der Waals surface area contributed by atoms with E-state index in [1.54, 1.807) is 0 Å². The summed E-state index contributed by atoms with van der Waals surface area (Å²) in [5, 5.41) is 0.776. The zero-order valence-corrected chi connectivity index (χ0v) is 16.8. The molecule has 1 aromatic carbocycles. The van der Waals surface area contributed by atoms with E-state index in [0.29, 0.717) is 5.92 Å². The summed E-state index contributed by atoms with van der Waals surface area (Å²) in [5.74, 6) is 0.403. The molecule has 0 fully saturated rings. The van der Waals surface area contributed by atoms with Crippen molar-refractivity contribution < 1.29 is 0 Å². The lowest BCUT2D eigenvalue weighted by molar-refractivity contribution is 0.454. The number of allylic oxidation sites excluding steroid dienone is 4. The highest BCUT2D eigenvalue weighted by molar-refractivity contribution is 9.10. The van der Waals surface area contributed by atoms with E-state index in [-0.39, 0.29) is 10.8 Å². The van der Waals surface area contributed by atoms with E-state index in [4.69, 9.17) is 11.6 Å². The third-order valence-electron chi connectivity index (χ3n) is 4.34. The first-order valence-electron chi connectivity index (χ1n) is 7.87. The number of hydrogen-bond donors (Lipinski definition) is 0. The van der Waals surface area contributed by atoms with Gasteiger partial charge in [0.2, 0.25) is 0 Å². The van der Waals surface area contributed by atoms with Crippen LogP contribution in [0.15, 0.2) is 46.0 Å². The van der Waals surface area contributed by atoms with E-state index >= 15 is 0 Å². The Kier molecular flexibility index (Phi) is 5.00. The molecule has 1 aromatic rings. The minimum atomic E-state index is 0.161. The van der Waals surface area contributed by atoms with Crippen LogP contribution in [0.4, 0.5) is 0 Å². The van der Waals surface area contributed by atoms with Crippen LogP contribution in [-0.4, -0.2) is 0 Å². The molecule has 0 saturated carbocycles. The smallest absolute Gasteiger partial charge is 0.0417 e. The standard InChI is InChI=1S/C20H26BrCl/c1-19(2,3)14-9-13(10-15(11-14)20(4,5)6)17-8-7-16(22)12-18(17)21/h7-9,11-13H,10H2,1-6H3. The van der Waals surface area contributed by atoms with E-state index in [1.165, 1.54) is 16.7 Å². The van der Waals surface area contributed by atoms with Crippen LogP contribution >= 0.6 is 27.5 Å². The van der Waals surface area contributed by atoms with Gasteiger partial charge in [0.05, 0.1) is 0 Å². The maximum Gasteiger partial charge on any atom is 0.0417 e. The van der Waals surface area contributed by atoms with E-state index in [1.807, 2.05) is 12.1 Å². The van der Waals surface area contributed by atoms with Gasteiger partial charge in [-0.05, 0) is 40.5 Å². The molecule has 1 unspecified atom stereocenters. The van der Waals surface area contributed by atoms with Crippen molar-refractivity contribution in [2.45, 2.75) is 53.9 Å². The molecule has 0 aliphatic heterocycles. The quantitative estimate of drug-likeness (QED) is 0.471. The molecule has 22 heavy (non-hydrogen) atoms. The minimum absolute atomic E-state index is 0.161. The summed E-state index contributed by atoms with van der Waals surface area (Å²) < 4.78 is 1.10. The number of halogens is 2. The first-order valence-corrected chi connectivity index (χ1v) is 9.04. The van der Waals surface area contributed by atoms with Crippen molar-refractivity contribution in [1.29, 1.82) is 0 Å². The zero-order valence-electron chi connectivity index (χ0n) is 14.4. The van der Waals surface area contributed by atoms with Crippen molar-refractivity contribution in [3.63, 3.8) is 0 Å². The number of rotatable bonds is 1. The second kappa shape index (κ2) is 6.17. The van der Waals surface area contributed by atoms with Crippen LogP contribution in [0.1, 0.15) is 59.4 Å². The Bertz CT molecular complexity index is 624. The topological polar surface area (TPSA) is 0 Å². The first kappa shape index (κ1) is 17.8. The average Bonchev–Trinajstić information content (AvgIpc) is 2.36. The molecule has 120 valence electrons. The first-order chi connectivity index (χ1) is 9.98. The summed E-state index contributed by atoms with van der Waals surface area (Å²) in [5.41, 5.74) is 4.62. The monoisotopic (exact) mass is 380 g/mol. The Labute approximate surface area is 148 Å². The maximum atomic E-state index is 6.10. The van der Waals surface area contributed by atoms with Crippen LogP contribution in [-0.2, 0) is 0 Å². The lowest BCUT2D eigenvalue weighted by atomic mass is 9.71. The molecule has 2 rings (SSSR count). The zero-order chi connectivity index (χ0) is 16.7. The second-order valence-electron chi connectivity index (χ2n) is 8.27. The van der Waals surface area contributed by atoms with Crippen LogP contribution in [0.3, 0.4) is 0 Å². The fourth-order valence-corrected chi connectivity index (χ4v) is 3.78. The SMILES string of the molecule is CC(C)(C)C1=CC(c2ccc(Cl)cc2Br)CC(C(C)(C)C)=C1. The predicted molar refractivity (Wildman–Crippen MR) is 102 cm³/mol. The fraction of sp³-hybridized carbons (Fsp3) is 0.500. The van der Waals surface area contributed by atoms with Crippen molar-refractivity contribution in [3.8, 4) is 0 Å². The van der Waals surface area contributed by atoms with Crippen molar-refractivity contribution >= 4 is 27.5 Å². The highest BCUT2D eigenvalue weighted by atomic mass is 79.9. The molecular formula is C20H26BrCl. The summed E-state index contributed by atoms with van der Waals surface area (Å²) in [7, 11) is 0. The summed E-state index contributed by atoms with van der Waals surface area (Å²) in [6, 6.07) is 6.14. The maximum absolute atomic E-state index is 6.10. The Morgan fingerprint density at radius 3 is 2.18 bits per heavy atom. The Morgan fingerprint density at radius 2 is 1.68 bits per heavy atom. The van der Waals surface area contributed by atoms with Gasteiger partial charge in [-0.1, -0.05) is 92.9 Å². The molecule has 0 radical (unpaired) electrons. The molecule has 0 heterocycles. The van der Waals surface area contributed by atoms with Gasteiger partial charge in [0, 0.05) is 15.4 Å². The Balaban J connectivity index is 2.49. The van der Waals surface area contributed by atoms with E-state index in [9.17, 15) is 0 Å². The third-order valence-corrected chi connectivity index (χ3v) is 5.26. The highest BCUT2D eigenvalue weighted by Crippen LogP contribution is 2.44. The van der Waals surface area contributed by atoms with Gasteiger partial charge < -0.3 is 0 Å². The van der Waals surface area contributed by atoms with Crippen molar-refractivity contribution in [1.82, 2.24) is 0 Å². The normalized spacial score (nSPS) is 19.7. The molecule has 1 aliphatic rings. The van der Waals surface area contributed by atoms with E-state index in [2.05, 4.69) is 75.7 Å². The minimum Gasteiger partial charge on any atom is -0.0843 e. The summed E-state index contributed by atoms with van der Waals surface area (Å²) >= 11 is 9.79. The Hall–Kier alpha value is -0.530. The lowest BCUT2D eigenvalue weighted by Gasteiger charge is -2.34. The van der Waals surface area contributed by atoms with Gasteiger partial charge in [0.1, 0.15) is 0 Å². The molecule has 2 heteroatoms. The molecule has 1 aliphatic carbocycles. The van der Waals surface area contributed by atoms with Gasteiger partial charge in [0.15, 0.2) is 0 Å². The predicted octanol–water partition coefficient (Wildman–Crippen LogP) is 7.53. The van der Waals surface area contributed by atoms with E-state index in [0.717, 1.165) is 15.9 Å². The molecule has 0 saturated heterocycles. The Morgan fingerprint density at radius 1 is 1.05 bits per heavy atom. The van der Waals surface area contributed by atoms with Gasteiger partial charge in [-0.3, -0.25) is 0 Å². The van der Waals surface area contributed by atoms with Crippen molar-refractivity contribution in [2.24, 2.45) is 10.8 Å². The molecule has 0 nitrogen and oxygen atoms in total. The molecule has 0 bridgehead atoms. The second-order valence-corrected chi connectivity index (χ2v) is 9.56. The molecule has 0 amide bonds. The highest BCUT2D eigenvalue weighted by Gasteiger charge is 2.29. The molecule has 0 aromatic heterocycles. The van der Waals surface area contributed by atoms with Gasteiger partial charge in [-0.15, -0.1) is 0 Å². The average molecular weight is 382 g/mol. The van der Waals surface area contributed by atoms with Gasteiger partial charge in [-0.25, -0.2) is 0 Å². The number of benzene rings is 1.